The lowest BCUT2D eigenvalue weighted by Crippen LogP contribution is -2.38. The van der Waals surface area contributed by atoms with Crippen molar-refractivity contribution in [2.75, 3.05) is 33.7 Å². The third-order valence-corrected chi connectivity index (χ3v) is 2.25. The largest absolute Gasteiger partial charge is 0.319 e. The van der Waals surface area contributed by atoms with E-state index in [4.69, 9.17) is 0 Å². The molecule has 0 rings (SSSR count). The van der Waals surface area contributed by atoms with Crippen molar-refractivity contribution in [1.29, 1.82) is 0 Å². The molecule has 2 heteroatoms. The van der Waals surface area contributed by atoms with Crippen LogP contribution in [0, 0.1) is 5.41 Å². The first-order valence-corrected chi connectivity index (χ1v) is 5.35. The summed E-state index contributed by atoms with van der Waals surface area (Å²) >= 11 is 0. The summed E-state index contributed by atoms with van der Waals surface area (Å²) in [4.78, 5) is 2.43. The third-order valence-electron chi connectivity index (χ3n) is 2.25. The summed E-state index contributed by atoms with van der Waals surface area (Å²) in [5.41, 5.74) is 0.386. The van der Waals surface area contributed by atoms with Gasteiger partial charge in [-0.1, -0.05) is 27.2 Å². The van der Waals surface area contributed by atoms with E-state index in [0.29, 0.717) is 5.41 Å². The SMILES string of the molecule is CCCCN(C)CC(C)(C)CNC. The molecule has 0 aliphatic heterocycles. The van der Waals surface area contributed by atoms with Gasteiger partial charge >= 0.3 is 0 Å². The highest BCUT2D eigenvalue weighted by molar-refractivity contribution is 4.74. The van der Waals surface area contributed by atoms with Crippen LogP contribution in [0.5, 0.6) is 0 Å². The molecular formula is C11H26N2. The van der Waals surface area contributed by atoms with Crippen LogP contribution < -0.4 is 5.32 Å². The van der Waals surface area contributed by atoms with Crippen LogP contribution in [0.25, 0.3) is 0 Å². The van der Waals surface area contributed by atoms with Gasteiger partial charge in [-0.25, -0.2) is 0 Å². The van der Waals surface area contributed by atoms with E-state index < -0.39 is 0 Å². The number of nitrogens with zero attached hydrogens (tertiary/aromatic N) is 1. The van der Waals surface area contributed by atoms with Crippen LogP contribution in [-0.2, 0) is 0 Å². The van der Waals surface area contributed by atoms with Gasteiger partial charge in [0.2, 0.25) is 0 Å². The minimum Gasteiger partial charge on any atom is -0.319 e. The number of unbranched alkanes of at least 4 members (excludes halogenated alkanes) is 1. The second-order valence-corrected chi connectivity index (χ2v) is 4.79. The van der Waals surface area contributed by atoms with Gasteiger partial charge in [0.05, 0.1) is 0 Å². The van der Waals surface area contributed by atoms with E-state index in [9.17, 15) is 0 Å². The molecule has 0 amide bonds. The van der Waals surface area contributed by atoms with Crippen LogP contribution in [0.15, 0.2) is 0 Å². The van der Waals surface area contributed by atoms with Gasteiger partial charge in [0.1, 0.15) is 0 Å². The van der Waals surface area contributed by atoms with Gasteiger partial charge in [-0.05, 0) is 32.5 Å². The zero-order chi connectivity index (χ0) is 10.3. The smallest absolute Gasteiger partial charge is 0.00418 e. The predicted molar refractivity (Wildman–Crippen MR) is 60.1 cm³/mol. The first-order valence-electron chi connectivity index (χ1n) is 5.35. The highest BCUT2D eigenvalue weighted by Gasteiger charge is 2.18. The van der Waals surface area contributed by atoms with E-state index in [1.165, 1.54) is 25.9 Å². The summed E-state index contributed by atoms with van der Waals surface area (Å²) in [5, 5.41) is 3.24. The second kappa shape index (κ2) is 6.39. The predicted octanol–water partition coefficient (Wildman–Crippen LogP) is 1.96. The lowest BCUT2D eigenvalue weighted by Gasteiger charge is -2.30. The van der Waals surface area contributed by atoms with E-state index >= 15 is 0 Å². The fraction of sp³-hybridized carbons (Fsp3) is 1.00. The van der Waals surface area contributed by atoms with Gasteiger partial charge in [-0.3, -0.25) is 0 Å². The molecule has 0 aliphatic rings. The molecule has 0 saturated heterocycles. The molecule has 13 heavy (non-hydrogen) atoms. The fourth-order valence-electron chi connectivity index (χ4n) is 1.77. The fourth-order valence-corrected chi connectivity index (χ4v) is 1.77. The standard InChI is InChI=1S/C11H26N2/c1-6-7-8-13(5)10-11(2,3)9-12-4/h12H,6-10H2,1-5H3. The molecule has 2 nitrogen and oxygen atoms in total. The Morgan fingerprint density at radius 2 is 1.92 bits per heavy atom. The van der Waals surface area contributed by atoms with E-state index in [1.54, 1.807) is 0 Å². The maximum Gasteiger partial charge on any atom is 0.00418 e. The quantitative estimate of drug-likeness (QED) is 0.654. The van der Waals surface area contributed by atoms with Gasteiger partial charge in [-0.15, -0.1) is 0 Å². The van der Waals surface area contributed by atoms with Crippen LogP contribution in [0.4, 0.5) is 0 Å². The van der Waals surface area contributed by atoms with Crippen molar-refractivity contribution in [3.63, 3.8) is 0 Å². The Morgan fingerprint density at radius 3 is 2.38 bits per heavy atom. The molecule has 0 aromatic heterocycles. The van der Waals surface area contributed by atoms with Crippen molar-refractivity contribution in [3.8, 4) is 0 Å². The summed E-state index contributed by atoms with van der Waals surface area (Å²) in [6, 6.07) is 0. The van der Waals surface area contributed by atoms with E-state index in [-0.39, 0.29) is 0 Å². The van der Waals surface area contributed by atoms with Gasteiger partial charge in [0, 0.05) is 13.1 Å². The molecule has 1 N–H and O–H groups in total. The van der Waals surface area contributed by atoms with E-state index in [1.807, 2.05) is 7.05 Å². The zero-order valence-electron chi connectivity index (χ0n) is 9.98. The molecule has 0 spiro atoms. The van der Waals surface area contributed by atoms with Crippen LogP contribution in [0.3, 0.4) is 0 Å². The molecule has 0 heterocycles. The molecule has 0 aromatic carbocycles. The van der Waals surface area contributed by atoms with Crippen molar-refractivity contribution in [2.24, 2.45) is 5.41 Å². The van der Waals surface area contributed by atoms with Gasteiger partial charge in [0.25, 0.3) is 0 Å². The zero-order valence-corrected chi connectivity index (χ0v) is 9.98. The van der Waals surface area contributed by atoms with Crippen molar-refractivity contribution in [2.45, 2.75) is 33.6 Å². The van der Waals surface area contributed by atoms with E-state index in [0.717, 1.165) is 6.54 Å². The number of nitrogens with one attached hydrogen (secondary N) is 1. The van der Waals surface area contributed by atoms with Crippen LogP contribution in [0.1, 0.15) is 33.6 Å². The maximum atomic E-state index is 3.24. The summed E-state index contributed by atoms with van der Waals surface area (Å²) in [7, 11) is 4.24. The maximum absolute atomic E-state index is 3.24. The highest BCUT2D eigenvalue weighted by Crippen LogP contribution is 2.14. The Hall–Kier alpha value is -0.0800. The normalized spacial score (nSPS) is 12.5. The molecule has 80 valence electrons. The number of hydrogen-bond donors (Lipinski definition) is 1. The Kier molecular flexibility index (Phi) is 6.35. The lowest BCUT2D eigenvalue weighted by molar-refractivity contribution is 0.205. The van der Waals surface area contributed by atoms with Gasteiger partial charge < -0.3 is 10.2 Å². The minimum absolute atomic E-state index is 0.386. The lowest BCUT2D eigenvalue weighted by atomic mass is 9.93. The van der Waals surface area contributed by atoms with Gasteiger partial charge in [-0.2, -0.15) is 0 Å². The average Bonchev–Trinajstić information content (AvgIpc) is 1.99. The summed E-state index contributed by atoms with van der Waals surface area (Å²) in [6.07, 6.45) is 2.60. The molecule has 0 radical (unpaired) electrons. The average molecular weight is 186 g/mol. The first kappa shape index (κ1) is 12.9. The topological polar surface area (TPSA) is 15.3 Å². The van der Waals surface area contributed by atoms with Crippen LogP contribution in [0.2, 0.25) is 0 Å². The highest BCUT2D eigenvalue weighted by atomic mass is 15.1. The van der Waals surface area contributed by atoms with Crippen LogP contribution >= 0.6 is 0 Å². The Labute approximate surface area is 83.7 Å². The first-order chi connectivity index (χ1) is 6.02. The van der Waals surface area contributed by atoms with Crippen LogP contribution in [-0.4, -0.2) is 38.6 Å². The van der Waals surface area contributed by atoms with Crippen molar-refractivity contribution < 1.29 is 0 Å². The van der Waals surface area contributed by atoms with Crippen molar-refractivity contribution in [1.82, 2.24) is 10.2 Å². The molecule has 0 fully saturated rings. The summed E-state index contributed by atoms with van der Waals surface area (Å²) in [6.45, 7) is 10.4. The Bertz CT molecular complexity index is 121. The molecular weight excluding hydrogens is 160 g/mol. The van der Waals surface area contributed by atoms with Crippen molar-refractivity contribution in [3.05, 3.63) is 0 Å². The van der Waals surface area contributed by atoms with Gasteiger partial charge in [0.15, 0.2) is 0 Å². The van der Waals surface area contributed by atoms with E-state index in [2.05, 4.69) is 38.0 Å². The summed E-state index contributed by atoms with van der Waals surface area (Å²) < 4.78 is 0. The number of rotatable bonds is 7. The minimum atomic E-state index is 0.386. The Balaban J connectivity index is 3.68. The molecule has 0 unspecified atom stereocenters. The second-order valence-electron chi connectivity index (χ2n) is 4.79. The molecule has 0 aliphatic carbocycles. The molecule has 0 aromatic rings. The summed E-state index contributed by atoms with van der Waals surface area (Å²) in [5.74, 6) is 0. The molecule has 0 saturated carbocycles. The monoisotopic (exact) mass is 186 g/mol. The van der Waals surface area contributed by atoms with Crippen molar-refractivity contribution >= 4 is 0 Å². The Morgan fingerprint density at radius 1 is 1.31 bits per heavy atom. The number of hydrogen-bond acceptors (Lipinski definition) is 2. The third kappa shape index (κ3) is 7.03. The molecule has 0 bridgehead atoms. The molecule has 0 atom stereocenters.